The van der Waals surface area contributed by atoms with Crippen LogP contribution >= 0.6 is 0 Å². The van der Waals surface area contributed by atoms with Gasteiger partial charge in [0.2, 0.25) is 0 Å². The molecule has 0 aliphatic heterocycles. The topological polar surface area (TPSA) is 87.0 Å². The minimum atomic E-state index is -0.469. The molecule has 5 aromatic carbocycles. The van der Waals surface area contributed by atoms with E-state index in [1.807, 2.05) is 140 Å². The molecule has 0 N–H and O–H groups in total. The SMILES string of the molecule is C=COC(=O)CN(/N=C/c1ccc(N(c2ccccc2)c2ccc(/C=N/N(CC(=O)OC=C)c3ccccc3)cc2)cc1)c1ccccc1. The van der Waals surface area contributed by atoms with Crippen LogP contribution in [-0.4, -0.2) is 37.5 Å². The third kappa shape index (κ3) is 9.63. The van der Waals surface area contributed by atoms with Crippen molar-refractivity contribution in [3.05, 3.63) is 176 Å². The van der Waals surface area contributed by atoms with Crippen LogP contribution < -0.4 is 14.9 Å². The molecule has 5 aromatic rings. The van der Waals surface area contributed by atoms with Crippen LogP contribution in [0.4, 0.5) is 28.4 Å². The highest BCUT2D eigenvalue weighted by Gasteiger charge is 2.14. The van der Waals surface area contributed by atoms with Gasteiger partial charge in [0.05, 0.1) is 36.3 Å². The highest BCUT2D eigenvalue weighted by Crippen LogP contribution is 2.34. The van der Waals surface area contributed by atoms with E-state index in [-0.39, 0.29) is 13.1 Å². The summed E-state index contributed by atoms with van der Waals surface area (Å²) in [5.41, 5.74) is 6.07. The van der Waals surface area contributed by atoms with Gasteiger partial charge >= 0.3 is 11.9 Å². The molecule has 49 heavy (non-hydrogen) atoms. The van der Waals surface area contributed by atoms with Gasteiger partial charge < -0.3 is 14.4 Å². The van der Waals surface area contributed by atoms with Crippen LogP contribution in [0.1, 0.15) is 11.1 Å². The molecule has 9 heteroatoms. The minimum Gasteiger partial charge on any atom is -0.434 e. The molecule has 0 atom stereocenters. The zero-order valence-corrected chi connectivity index (χ0v) is 26.8. The van der Waals surface area contributed by atoms with E-state index >= 15 is 0 Å². The summed E-state index contributed by atoms with van der Waals surface area (Å²) in [5.74, 6) is -0.937. The Morgan fingerprint density at radius 1 is 0.490 bits per heavy atom. The smallest absolute Gasteiger partial charge is 0.332 e. The molecule has 0 unspecified atom stereocenters. The van der Waals surface area contributed by atoms with E-state index in [1.165, 1.54) is 0 Å². The zero-order valence-electron chi connectivity index (χ0n) is 26.8. The lowest BCUT2D eigenvalue weighted by Gasteiger charge is -2.25. The van der Waals surface area contributed by atoms with Crippen molar-refractivity contribution in [1.82, 2.24) is 0 Å². The van der Waals surface area contributed by atoms with E-state index < -0.39 is 11.9 Å². The Kier molecular flexibility index (Phi) is 11.8. The number of hydrogen-bond donors (Lipinski definition) is 0. The second-order valence-electron chi connectivity index (χ2n) is 10.4. The third-order valence-corrected chi connectivity index (χ3v) is 7.11. The lowest BCUT2D eigenvalue weighted by atomic mass is 10.1. The van der Waals surface area contributed by atoms with Gasteiger partial charge in [-0.3, -0.25) is 10.0 Å². The number of carbonyl (C=O) groups excluding carboxylic acids is 2. The fraction of sp³-hybridized carbons (Fsp3) is 0.0500. The molecule has 0 saturated carbocycles. The Morgan fingerprint density at radius 2 is 0.816 bits per heavy atom. The number of carbonyl (C=O) groups is 2. The van der Waals surface area contributed by atoms with Crippen molar-refractivity contribution in [1.29, 1.82) is 0 Å². The van der Waals surface area contributed by atoms with Crippen LogP contribution in [0.3, 0.4) is 0 Å². The Balaban J connectivity index is 1.37. The molecule has 0 fully saturated rings. The lowest BCUT2D eigenvalue weighted by molar-refractivity contribution is -0.137. The van der Waals surface area contributed by atoms with Gasteiger partial charge in [0, 0.05) is 17.1 Å². The fourth-order valence-corrected chi connectivity index (χ4v) is 4.82. The summed E-state index contributed by atoms with van der Waals surface area (Å²) in [6.45, 7) is 6.77. The van der Waals surface area contributed by atoms with Gasteiger partial charge in [0.1, 0.15) is 13.1 Å². The number of para-hydroxylation sites is 3. The number of hydrazone groups is 2. The zero-order chi connectivity index (χ0) is 34.3. The number of esters is 2. The molecule has 5 rings (SSSR count). The van der Waals surface area contributed by atoms with Crippen LogP contribution in [0, 0.1) is 0 Å². The third-order valence-electron chi connectivity index (χ3n) is 7.11. The van der Waals surface area contributed by atoms with Crippen LogP contribution in [0.2, 0.25) is 0 Å². The number of anilines is 5. The van der Waals surface area contributed by atoms with Gasteiger partial charge in [-0.1, -0.05) is 92.0 Å². The van der Waals surface area contributed by atoms with Crippen molar-refractivity contribution in [2.45, 2.75) is 0 Å². The molecule has 0 amide bonds. The molecule has 244 valence electrons. The summed E-state index contributed by atoms with van der Waals surface area (Å²) in [7, 11) is 0. The number of benzene rings is 5. The maximum Gasteiger partial charge on any atom is 0.332 e. The summed E-state index contributed by atoms with van der Waals surface area (Å²) in [4.78, 5) is 26.5. The molecular formula is C40H35N5O4. The first-order chi connectivity index (χ1) is 24.0. The van der Waals surface area contributed by atoms with Crippen molar-refractivity contribution < 1.29 is 19.1 Å². The van der Waals surface area contributed by atoms with Gasteiger partial charge in [-0.05, 0) is 71.8 Å². The van der Waals surface area contributed by atoms with Crippen molar-refractivity contribution in [2.24, 2.45) is 10.2 Å². The Bertz CT molecular complexity index is 1760. The normalized spacial score (nSPS) is 10.8. The van der Waals surface area contributed by atoms with E-state index in [2.05, 4.69) is 28.3 Å². The Hall–Kier alpha value is -6.74. The van der Waals surface area contributed by atoms with Gasteiger partial charge in [0.25, 0.3) is 0 Å². The number of hydrogen-bond acceptors (Lipinski definition) is 9. The second kappa shape index (κ2) is 17.3. The van der Waals surface area contributed by atoms with Crippen LogP contribution in [0.5, 0.6) is 0 Å². The monoisotopic (exact) mass is 649 g/mol. The molecule has 0 radical (unpaired) electrons. The molecule has 0 aromatic heterocycles. The quantitative estimate of drug-likeness (QED) is 0.0489. The molecule has 0 saturated heterocycles. The van der Waals surface area contributed by atoms with E-state index in [4.69, 9.17) is 9.47 Å². The van der Waals surface area contributed by atoms with Gasteiger partial charge in [0.15, 0.2) is 0 Å². The molecule has 0 heterocycles. The summed E-state index contributed by atoms with van der Waals surface area (Å²) < 4.78 is 9.84. The summed E-state index contributed by atoms with van der Waals surface area (Å²) in [6.07, 6.45) is 5.63. The molecule has 0 aliphatic carbocycles. The number of ether oxygens (including phenoxy) is 2. The average Bonchev–Trinajstić information content (AvgIpc) is 3.14. The van der Waals surface area contributed by atoms with Crippen LogP contribution in [-0.2, 0) is 19.1 Å². The van der Waals surface area contributed by atoms with Gasteiger partial charge in [-0.2, -0.15) is 10.2 Å². The highest BCUT2D eigenvalue weighted by atomic mass is 16.5. The molecule has 9 nitrogen and oxygen atoms in total. The van der Waals surface area contributed by atoms with Crippen LogP contribution in [0.15, 0.2) is 175 Å². The van der Waals surface area contributed by atoms with Crippen molar-refractivity contribution in [3.8, 4) is 0 Å². The summed E-state index contributed by atoms with van der Waals surface area (Å²) >= 11 is 0. The summed E-state index contributed by atoms with van der Waals surface area (Å²) in [5, 5.41) is 12.3. The number of rotatable bonds is 15. The highest BCUT2D eigenvalue weighted by molar-refractivity contribution is 5.86. The van der Waals surface area contributed by atoms with Crippen molar-refractivity contribution >= 4 is 52.8 Å². The fourth-order valence-electron chi connectivity index (χ4n) is 4.82. The first kappa shape index (κ1) is 33.6. The largest absolute Gasteiger partial charge is 0.434 e. The predicted octanol–water partition coefficient (Wildman–Crippen LogP) is 8.21. The lowest BCUT2D eigenvalue weighted by Crippen LogP contribution is -2.25. The minimum absolute atomic E-state index is 0.0702. The summed E-state index contributed by atoms with van der Waals surface area (Å²) in [6, 6.07) is 44.8. The molecule has 0 aliphatic rings. The van der Waals surface area contributed by atoms with E-state index in [1.54, 1.807) is 22.4 Å². The van der Waals surface area contributed by atoms with Crippen LogP contribution in [0.25, 0.3) is 0 Å². The molecular weight excluding hydrogens is 614 g/mol. The Morgan fingerprint density at radius 3 is 1.16 bits per heavy atom. The molecule has 0 spiro atoms. The van der Waals surface area contributed by atoms with Crippen molar-refractivity contribution in [2.75, 3.05) is 28.0 Å². The van der Waals surface area contributed by atoms with E-state index in [0.29, 0.717) is 0 Å². The predicted molar refractivity (Wildman–Crippen MR) is 196 cm³/mol. The van der Waals surface area contributed by atoms with E-state index in [0.717, 1.165) is 52.1 Å². The number of nitrogens with zero attached hydrogens (tertiary/aromatic N) is 5. The van der Waals surface area contributed by atoms with Crippen molar-refractivity contribution in [3.63, 3.8) is 0 Å². The van der Waals surface area contributed by atoms with E-state index in [9.17, 15) is 9.59 Å². The maximum atomic E-state index is 12.2. The Labute approximate surface area is 285 Å². The first-order valence-electron chi connectivity index (χ1n) is 15.4. The maximum absolute atomic E-state index is 12.2. The van der Waals surface area contributed by atoms with Gasteiger partial charge in [-0.15, -0.1) is 0 Å². The average molecular weight is 650 g/mol. The van der Waals surface area contributed by atoms with Gasteiger partial charge in [-0.25, -0.2) is 9.59 Å². The second-order valence-corrected chi connectivity index (χ2v) is 10.4. The standard InChI is InChI=1S/C40H35N5O4/c1-3-48-39(46)30-43(34-14-8-5-9-15-34)41-28-32-20-24-37(25-21-32)45(36-18-12-7-13-19-36)38-26-22-33(23-27-38)29-42-44(31-40(47)49-4-2)35-16-10-6-11-17-35/h3-29H,1-2,30-31H2/b41-28+,42-29+. The molecule has 0 bridgehead atoms. The first-order valence-corrected chi connectivity index (χ1v) is 15.4.